The highest BCUT2D eigenvalue weighted by Crippen LogP contribution is 1.87. The molecule has 0 aromatic carbocycles. The second kappa shape index (κ2) is 7.16. The van der Waals surface area contributed by atoms with Crippen molar-refractivity contribution < 1.29 is 9.53 Å². The van der Waals surface area contributed by atoms with Gasteiger partial charge in [0.2, 0.25) is 0 Å². The largest absolute Gasteiger partial charge is 0.465 e. The summed E-state index contributed by atoms with van der Waals surface area (Å²) in [5, 5.41) is 2.80. The summed E-state index contributed by atoms with van der Waals surface area (Å²) in [6.07, 6.45) is 5.10. The predicted molar refractivity (Wildman–Crippen MR) is 53.1 cm³/mol. The molecule has 0 aliphatic heterocycles. The number of carbonyl (C=O) groups excluding carboxylic acids is 1. The van der Waals surface area contributed by atoms with Crippen molar-refractivity contribution in [2.45, 2.75) is 6.92 Å². The van der Waals surface area contributed by atoms with Crippen molar-refractivity contribution in [1.82, 2.24) is 5.32 Å². The summed E-state index contributed by atoms with van der Waals surface area (Å²) in [6, 6.07) is 0. The minimum absolute atomic E-state index is 0.147. The Hall–Kier alpha value is -1.51. The van der Waals surface area contributed by atoms with Crippen LogP contribution in [0.5, 0.6) is 0 Å². The number of esters is 1. The molecule has 0 saturated heterocycles. The van der Waals surface area contributed by atoms with Gasteiger partial charge in [0.05, 0.1) is 6.61 Å². The number of allylic oxidation sites excluding steroid dienone is 3. The molecule has 1 N–H and O–H groups in total. The third-order valence-electron chi connectivity index (χ3n) is 1.20. The van der Waals surface area contributed by atoms with E-state index in [0.717, 1.165) is 0 Å². The summed E-state index contributed by atoms with van der Waals surface area (Å²) in [4.78, 5) is 10.9. The number of rotatable bonds is 6. The van der Waals surface area contributed by atoms with Crippen molar-refractivity contribution in [2.24, 2.45) is 0 Å². The third kappa shape index (κ3) is 6.87. The highest BCUT2D eigenvalue weighted by molar-refractivity contribution is 5.71. The smallest absolute Gasteiger partial charge is 0.325 e. The van der Waals surface area contributed by atoms with Crippen LogP contribution in [0.3, 0.4) is 0 Å². The molecular weight excluding hydrogens is 166 g/mol. The lowest BCUT2D eigenvalue weighted by Gasteiger charge is -2.04. The molecule has 3 heteroatoms. The van der Waals surface area contributed by atoms with Crippen LogP contribution in [0.4, 0.5) is 0 Å². The first-order chi connectivity index (χ1) is 6.20. The van der Waals surface area contributed by atoms with Crippen molar-refractivity contribution in [1.29, 1.82) is 0 Å². The maximum absolute atomic E-state index is 10.9. The maximum Gasteiger partial charge on any atom is 0.325 e. The second-order valence-corrected chi connectivity index (χ2v) is 2.28. The molecule has 0 spiro atoms. The van der Waals surface area contributed by atoms with Crippen LogP contribution in [0.2, 0.25) is 0 Å². The Balaban J connectivity index is 3.63. The fourth-order valence-corrected chi connectivity index (χ4v) is 0.641. The lowest BCUT2D eigenvalue weighted by molar-refractivity contribution is -0.141. The average molecular weight is 181 g/mol. The van der Waals surface area contributed by atoms with Crippen molar-refractivity contribution in [2.75, 3.05) is 13.2 Å². The Morgan fingerprint density at radius 2 is 2.31 bits per heavy atom. The van der Waals surface area contributed by atoms with Gasteiger partial charge in [0.15, 0.2) is 0 Å². The van der Waals surface area contributed by atoms with Gasteiger partial charge in [-0.1, -0.05) is 25.3 Å². The SMILES string of the molecule is C=C/C=C\C(=C)NCC(=O)OCC. The molecule has 0 radical (unpaired) electrons. The minimum Gasteiger partial charge on any atom is -0.465 e. The van der Waals surface area contributed by atoms with Crippen molar-refractivity contribution in [3.63, 3.8) is 0 Å². The van der Waals surface area contributed by atoms with Crippen LogP contribution < -0.4 is 5.32 Å². The summed E-state index contributed by atoms with van der Waals surface area (Å²) in [7, 11) is 0. The van der Waals surface area contributed by atoms with E-state index in [1.165, 1.54) is 0 Å². The van der Waals surface area contributed by atoms with E-state index >= 15 is 0 Å². The van der Waals surface area contributed by atoms with Gasteiger partial charge in [-0.25, -0.2) is 0 Å². The van der Waals surface area contributed by atoms with Gasteiger partial charge in [0.25, 0.3) is 0 Å². The minimum atomic E-state index is -0.282. The average Bonchev–Trinajstić information content (AvgIpc) is 2.12. The maximum atomic E-state index is 10.9. The first-order valence-corrected chi connectivity index (χ1v) is 4.08. The van der Waals surface area contributed by atoms with Gasteiger partial charge < -0.3 is 10.1 Å². The van der Waals surface area contributed by atoms with E-state index in [2.05, 4.69) is 18.5 Å². The van der Waals surface area contributed by atoms with Gasteiger partial charge in [-0.2, -0.15) is 0 Å². The van der Waals surface area contributed by atoms with Gasteiger partial charge in [-0.15, -0.1) is 0 Å². The summed E-state index contributed by atoms with van der Waals surface area (Å²) >= 11 is 0. The molecule has 0 aromatic rings. The Labute approximate surface area is 78.8 Å². The zero-order chi connectivity index (χ0) is 10.1. The van der Waals surface area contributed by atoms with Crippen molar-refractivity contribution >= 4 is 5.97 Å². The number of carbonyl (C=O) groups is 1. The van der Waals surface area contributed by atoms with Crippen LogP contribution in [0, 0.1) is 0 Å². The predicted octanol–water partition coefficient (Wildman–Crippen LogP) is 1.40. The van der Waals surface area contributed by atoms with Gasteiger partial charge in [-0.3, -0.25) is 4.79 Å². The quantitative estimate of drug-likeness (QED) is 0.497. The molecule has 0 atom stereocenters. The molecule has 0 amide bonds. The van der Waals surface area contributed by atoms with Crippen LogP contribution in [-0.4, -0.2) is 19.1 Å². The first-order valence-electron chi connectivity index (χ1n) is 4.08. The zero-order valence-electron chi connectivity index (χ0n) is 7.88. The number of ether oxygens (including phenoxy) is 1. The Bertz CT molecular complexity index is 219. The second-order valence-electron chi connectivity index (χ2n) is 2.28. The molecule has 0 aliphatic rings. The summed E-state index contributed by atoms with van der Waals surface area (Å²) in [5.41, 5.74) is 0.660. The van der Waals surface area contributed by atoms with Gasteiger partial charge in [0.1, 0.15) is 6.54 Å². The molecule has 0 aromatic heterocycles. The van der Waals surface area contributed by atoms with Crippen LogP contribution in [0.25, 0.3) is 0 Å². The van der Waals surface area contributed by atoms with E-state index < -0.39 is 0 Å². The van der Waals surface area contributed by atoms with E-state index in [-0.39, 0.29) is 12.5 Å². The Morgan fingerprint density at radius 1 is 1.62 bits per heavy atom. The molecule has 0 aliphatic carbocycles. The number of hydrogen-bond acceptors (Lipinski definition) is 3. The van der Waals surface area contributed by atoms with Crippen LogP contribution >= 0.6 is 0 Å². The summed E-state index contributed by atoms with van der Waals surface area (Å²) in [5.74, 6) is -0.282. The fourth-order valence-electron chi connectivity index (χ4n) is 0.641. The first kappa shape index (κ1) is 11.5. The number of hydrogen-bond donors (Lipinski definition) is 1. The zero-order valence-corrected chi connectivity index (χ0v) is 7.88. The molecule has 72 valence electrons. The highest BCUT2D eigenvalue weighted by Gasteiger charge is 1.98. The standard InChI is InChI=1S/C10H15NO2/c1-4-6-7-9(3)11-8-10(12)13-5-2/h4,6-7,11H,1,3,5,8H2,2H3/b7-6-. The van der Waals surface area contributed by atoms with E-state index in [1.807, 2.05) is 0 Å². The van der Waals surface area contributed by atoms with Crippen LogP contribution in [0.15, 0.2) is 37.1 Å². The molecule has 0 heterocycles. The molecule has 0 fully saturated rings. The normalized spacial score (nSPS) is 9.62. The Morgan fingerprint density at radius 3 is 2.85 bits per heavy atom. The van der Waals surface area contributed by atoms with E-state index in [9.17, 15) is 4.79 Å². The number of nitrogens with one attached hydrogen (secondary N) is 1. The molecule has 13 heavy (non-hydrogen) atoms. The molecule has 3 nitrogen and oxygen atoms in total. The van der Waals surface area contributed by atoms with E-state index in [4.69, 9.17) is 4.74 Å². The lowest BCUT2D eigenvalue weighted by atomic mass is 10.4. The van der Waals surface area contributed by atoms with E-state index in [0.29, 0.717) is 12.3 Å². The molecule has 0 bridgehead atoms. The topological polar surface area (TPSA) is 38.3 Å². The summed E-state index contributed by atoms with van der Waals surface area (Å²) in [6.45, 7) is 9.49. The Kier molecular flexibility index (Phi) is 6.32. The van der Waals surface area contributed by atoms with Crippen LogP contribution in [0.1, 0.15) is 6.92 Å². The van der Waals surface area contributed by atoms with Gasteiger partial charge in [0, 0.05) is 5.70 Å². The molecular formula is C10H15NO2. The van der Waals surface area contributed by atoms with Crippen molar-refractivity contribution in [3.8, 4) is 0 Å². The van der Waals surface area contributed by atoms with Crippen LogP contribution in [-0.2, 0) is 9.53 Å². The monoisotopic (exact) mass is 181 g/mol. The van der Waals surface area contributed by atoms with E-state index in [1.54, 1.807) is 25.2 Å². The summed E-state index contributed by atoms with van der Waals surface area (Å²) < 4.78 is 4.71. The lowest BCUT2D eigenvalue weighted by Crippen LogP contribution is -2.23. The third-order valence-corrected chi connectivity index (χ3v) is 1.20. The van der Waals surface area contributed by atoms with Crippen molar-refractivity contribution in [3.05, 3.63) is 37.1 Å². The van der Waals surface area contributed by atoms with Gasteiger partial charge in [-0.05, 0) is 13.0 Å². The molecule has 0 saturated carbocycles. The molecule has 0 rings (SSSR count). The molecule has 0 unspecified atom stereocenters. The fraction of sp³-hybridized carbons (Fsp3) is 0.300. The highest BCUT2D eigenvalue weighted by atomic mass is 16.5. The van der Waals surface area contributed by atoms with Gasteiger partial charge >= 0.3 is 5.97 Å².